The molecule has 0 radical (unpaired) electrons. The lowest BCUT2D eigenvalue weighted by molar-refractivity contribution is -0.139. The topological polar surface area (TPSA) is 61.9 Å². The van der Waals surface area contributed by atoms with E-state index in [1.165, 1.54) is 18.2 Å². The van der Waals surface area contributed by atoms with Crippen molar-refractivity contribution in [3.8, 4) is 5.75 Å². The maximum Gasteiger partial charge on any atom is 0.263 e. The Morgan fingerprint density at radius 3 is 2.60 bits per heavy atom. The largest absolute Gasteiger partial charge is 0.480 e. The van der Waals surface area contributed by atoms with Crippen LogP contribution in [-0.4, -0.2) is 67.0 Å². The molecule has 25 heavy (non-hydrogen) atoms. The summed E-state index contributed by atoms with van der Waals surface area (Å²) >= 11 is 3.23. The number of hydrogen-bond donors (Lipinski definition) is 1. The van der Waals surface area contributed by atoms with E-state index in [9.17, 15) is 14.0 Å². The Hall–Kier alpha value is -1.67. The van der Waals surface area contributed by atoms with Crippen molar-refractivity contribution < 1.29 is 18.7 Å². The molecule has 0 bridgehead atoms. The van der Waals surface area contributed by atoms with E-state index >= 15 is 0 Å². The molecule has 138 valence electrons. The van der Waals surface area contributed by atoms with Gasteiger partial charge in [-0.2, -0.15) is 0 Å². The third-order valence-electron chi connectivity index (χ3n) is 3.97. The lowest BCUT2D eigenvalue weighted by Gasteiger charge is -2.35. The van der Waals surface area contributed by atoms with Crippen LogP contribution in [0.3, 0.4) is 0 Å². The van der Waals surface area contributed by atoms with Crippen molar-refractivity contribution in [3.63, 3.8) is 0 Å². The average molecular weight is 416 g/mol. The van der Waals surface area contributed by atoms with E-state index in [1.807, 2.05) is 11.8 Å². The van der Waals surface area contributed by atoms with Crippen molar-refractivity contribution in [1.82, 2.24) is 15.1 Å². The van der Waals surface area contributed by atoms with Gasteiger partial charge in [0.1, 0.15) is 11.6 Å². The highest BCUT2D eigenvalue weighted by molar-refractivity contribution is 9.10. The summed E-state index contributed by atoms with van der Waals surface area (Å²) in [7, 11) is 0. The van der Waals surface area contributed by atoms with Crippen LogP contribution >= 0.6 is 15.9 Å². The third-order valence-corrected chi connectivity index (χ3v) is 4.59. The molecule has 0 spiro atoms. The van der Waals surface area contributed by atoms with Gasteiger partial charge in [0.2, 0.25) is 5.91 Å². The summed E-state index contributed by atoms with van der Waals surface area (Å²) in [6.07, 6.45) is -0.670. The molecule has 0 aromatic heterocycles. The zero-order valence-electron chi connectivity index (χ0n) is 14.4. The van der Waals surface area contributed by atoms with E-state index < -0.39 is 6.10 Å². The number of halogens is 2. The Morgan fingerprint density at radius 1 is 1.32 bits per heavy atom. The van der Waals surface area contributed by atoms with Crippen molar-refractivity contribution in [2.45, 2.75) is 20.0 Å². The number of hydrogen-bond acceptors (Lipinski definition) is 4. The van der Waals surface area contributed by atoms with Crippen LogP contribution in [0.15, 0.2) is 22.7 Å². The highest BCUT2D eigenvalue weighted by Gasteiger charge is 2.27. The van der Waals surface area contributed by atoms with Gasteiger partial charge < -0.3 is 15.0 Å². The molecule has 1 aromatic rings. The second-order valence-electron chi connectivity index (χ2n) is 5.89. The smallest absolute Gasteiger partial charge is 0.263 e. The summed E-state index contributed by atoms with van der Waals surface area (Å²) in [6.45, 7) is 6.93. The molecule has 1 N–H and O–H groups in total. The summed E-state index contributed by atoms with van der Waals surface area (Å²) < 4.78 is 19.2. The van der Waals surface area contributed by atoms with Crippen LogP contribution < -0.4 is 10.1 Å². The van der Waals surface area contributed by atoms with Gasteiger partial charge in [0.05, 0.1) is 11.0 Å². The van der Waals surface area contributed by atoms with E-state index in [-0.39, 0.29) is 17.6 Å². The Labute approximate surface area is 155 Å². The minimum atomic E-state index is -0.670. The van der Waals surface area contributed by atoms with Crippen LogP contribution in [0.4, 0.5) is 4.39 Å². The second kappa shape index (κ2) is 9.15. The highest BCUT2D eigenvalue weighted by atomic mass is 79.9. The van der Waals surface area contributed by atoms with E-state index in [0.717, 1.165) is 0 Å². The minimum absolute atomic E-state index is 0.000128. The molecule has 2 amide bonds. The number of amides is 2. The number of likely N-dealkylation sites (N-methyl/N-ethyl adjacent to an activating group) is 1. The van der Waals surface area contributed by atoms with Crippen molar-refractivity contribution in [2.24, 2.45) is 0 Å². The van der Waals surface area contributed by atoms with Crippen molar-refractivity contribution >= 4 is 27.7 Å². The van der Waals surface area contributed by atoms with Gasteiger partial charge in [0.25, 0.3) is 5.91 Å². The first-order valence-corrected chi connectivity index (χ1v) is 9.09. The van der Waals surface area contributed by atoms with Crippen molar-refractivity contribution in [3.05, 3.63) is 28.5 Å². The summed E-state index contributed by atoms with van der Waals surface area (Å²) in [5.74, 6) is -0.0624. The van der Waals surface area contributed by atoms with Gasteiger partial charge >= 0.3 is 0 Å². The first-order valence-electron chi connectivity index (χ1n) is 8.30. The Balaban J connectivity index is 1.84. The second-order valence-corrected chi connectivity index (χ2v) is 6.74. The molecule has 1 heterocycles. The van der Waals surface area contributed by atoms with Gasteiger partial charge in [-0.1, -0.05) is 0 Å². The van der Waals surface area contributed by atoms with Crippen molar-refractivity contribution in [1.29, 1.82) is 0 Å². The van der Waals surface area contributed by atoms with Gasteiger partial charge in [-0.3, -0.25) is 14.5 Å². The number of carbonyl (C=O) groups is 2. The molecule has 0 aliphatic carbocycles. The van der Waals surface area contributed by atoms with Crippen LogP contribution in [0, 0.1) is 5.82 Å². The first kappa shape index (κ1) is 19.7. The summed E-state index contributed by atoms with van der Waals surface area (Å²) in [6, 6.07) is 4.08. The summed E-state index contributed by atoms with van der Waals surface area (Å²) in [5.41, 5.74) is 0. The minimum Gasteiger partial charge on any atom is -0.480 e. The lowest BCUT2D eigenvalue weighted by Crippen LogP contribution is -2.53. The number of nitrogens with zero attached hydrogens (tertiary/aromatic N) is 2. The fraction of sp³-hybridized carbons (Fsp3) is 0.529. The molecule has 2 rings (SSSR count). The molecule has 0 saturated carbocycles. The monoisotopic (exact) mass is 415 g/mol. The standard InChI is InChI=1S/C17H23BrFN3O3/c1-3-20-16(23)11-21-6-8-22(9-7-21)17(24)12(2)25-15-5-4-13(19)10-14(15)18/h4-5,10,12H,3,6-9,11H2,1-2H3,(H,20,23)/t12-/m0/s1. The van der Waals surface area contributed by atoms with Gasteiger partial charge in [-0.25, -0.2) is 4.39 Å². The molecular weight excluding hydrogens is 393 g/mol. The van der Waals surface area contributed by atoms with Gasteiger partial charge in [-0.15, -0.1) is 0 Å². The Morgan fingerprint density at radius 2 is 2.00 bits per heavy atom. The normalized spacial score (nSPS) is 16.4. The van der Waals surface area contributed by atoms with Crippen LogP contribution in [0.2, 0.25) is 0 Å². The summed E-state index contributed by atoms with van der Waals surface area (Å²) in [5, 5.41) is 2.77. The average Bonchev–Trinajstić information content (AvgIpc) is 2.57. The maximum absolute atomic E-state index is 13.1. The van der Waals surface area contributed by atoms with E-state index in [4.69, 9.17) is 4.74 Å². The fourth-order valence-corrected chi connectivity index (χ4v) is 3.10. The SMILES string of the molecule is CCNC(=O)CN1CCN(C(=O)[C@H](C)Oc2ccc(F)cc2Br)CC1. The Kier molecular flexibility index (Phi) is 7.19. The number of piperazine rings is 1. The van der Waals surface area contributed by atoms with E-state index in [2.05, 4.69) is 21.2 Å². The molecular formula is C17H23BrFN3O3. The molecule has 1 atom stereocenters. The number of benzene rings is 1. The zero-order valence-corrected chi connectivity index (χ0v) is 16.0. The van der Waals surface area contributed by atoms with Crippen LogP contribution in [0.5, 0.6) is 5.75 Å². The molecule has 0 unspecified atom stereocenters. The van der Waals surface area contributed by atoms with Gasteiger partial charge in [-0.05, 0) is 48.0 Å². The number of rotatable bonds is 6. The van der Waals surface area contributed by atoms with E-state index in [0.29, 0.717) is 49.5 Å². The molecule has 1 fully saturated rings. The molecule has 6 nitrogen and oxygen atoms in total. The fourth-order valence-electron chi connectivity index (χ4n) is 2.65. The predicted molar refractivity (Wildman–Crippen MR) is 95.9 cm³/mol. The number of ether oxygens (including phenoxy) is 1. The highest BCUT2D eigenvalue weighted by Crippen LogP contribution is 2.26. The molecule has 1 saturated heterocycles. The number of carbonyl (C=O) groups excluding carboxylic acids is 2. The predicted octanol–water partition coefficient (Wildman–Crippen LogP) is 1.64. The van der Waals surface area contributed by atoms with Crippen LogP contribution in [0.25, 0.3) is 0 Å². The van der Waals surface area contributed by atoms with Gasteiger partial charge in [0, 0.05) is 32.7 Å². The lowest BCUT2D eigenvalue weighted by atomic mass is 10.2. The quantitative estimate of drug-likeness (QED) is 0.766. The zero-order chi connectivity index (χ0) is 18.4. The molecule has 8 heteroatoms. The molecule has 1 aliphatic rings. The number of nitrogens with one attached hydrogen (secondary N) is 1. The first-order chi connectivity index (χ1) is 11.9. The van der Waals surface area contributed by atoms with Gasteiger partial charge in [0.15, 0.2) is 6.10 Å². The van der Waals surface area contributed by atoms with E-state index in [1.54, 1.807) is 11.8 Å². The summed E-state index contributed by atoms with van der Waals surface area (Å²) in [4.78, 5) is 27.9. The maximum atomic E-state index is 13.1. The molecule has 1 aromatic carbocycles. The van der Waals surface area contributed by atoms with Crippen molar-refractivity contribution in [2.75, 3.05) is 39.3 Å². The third kappa shape index (κ3) is 5.67. The molecule has 1 aliphatic heterocycles. The Bertz CT molecular complexity index is 621. The van der Waals surface area contributed by atoms with Crippen LogP contribution in [-0.2, 0) is 9.59 Å². The van der Waals surface area contributed by atoms with Crippen LogP contribution in [0.1, 0.15) is 13.8 Å².